The standard InChI is InChI=1S/C14H15N3OS/c1-16-7-10-6-9(16)8-17(10)14(18)13-11-4-2-3-5-12(11)19-15-13/h2-5,9-10H,6-8H2,1H3. The van der Waals surface area contributed by atoms with Crippen LogP contribution < -0.4 is 0 Å². The van der Waals surface area contributed by atoms with Gasteiger partial charge < -0.3 is 4.90 Å². The Morgan fingerprint density at radius 1 is 1.32 bits per heavy atom. The minimum atomic E-state index is 0.109. The van der Waals surface area contributed by atoms with E-state index in [-0.39, 0.29) is 5.91 Å². The van der Waals surface area contributed by atoms with Crippen molar-refractivity contribution in [2.45, 2.75) is 18.5 Å². The summed E-state index contributed by atoms with van der Waals surface area (Å²) in [6, 6.07) is 8.89. The second kappa shape index (κ2) is 4.02. The first-order valence-electron chi connectivity index (χ1n) is 6.59. The molecule has 98 valence electrons. The molecule has 2 bridgehead atoms. The van der Waals surface area contributed by atoms with Crippen LogP contribution in [0.25, 0.3) is 10.1 Å². The van der Waals surface area contributed by atoms with Crippen molar-refractivity contribution in [3.63, 3.8) is 0 Å². The molecule has 0 radical (unpaired) electrons. The van der Waals surface area contributed by atoms with Crippen LogP contribution in [0.2, 0.25) is 0 Å². The lowest BCUT2D eigenvalue weighted by atomic mass is 10.2. The van der Waals surface area contributed by atoms with Crippen LogP contribution >= 0.6 is 11.5 Å². The highest BCUT2D eigenvalue weighted by Crippen LogP contribution is 2.32. The van der Waals surface area contributed by atoms with Gasteiger partial charge in [0.05, 0.1) is 4.70 Å². The third-order valence-corrected chi connectivity index (χ3v) is 5.18. The van der Waals surface area contributed by atoms with Crippen molar-refractivity contribution < 1.29 is 4.79 Å². The molecule has 1 aromatic carbocycles. The van der Waals surface area contributed by atoms with E-state index in [9.17, 15) is 4.79 Å². The first-order valence-corrected chi connectivity index (χ1v) is 7.37. The highest BCUT2D eigenvalue weighted by Gasteiger charge is 2.44. The van der Waals surface area contributed by atoms with E-state index >= 15 is 0 Å². The van der Waals surface area contributed by atoms with E-state index in [0.717, 1.165) is 29.6 Å². The molecule has 0 N–H and O–H groups in total. The first-order chi connectivity index (χ1) is 9.24. The molecule has 1 amide bonds. The lowest BCUT2D eigenvalue weighted by Gasteiger charge is -2.31. The maximum absolute atomic E-state index is 12.7. The number of carbonyl (C=O) groups is 1. The van der Waals surface area contributed by atoms with Gasteiger partial charge in [0.2, 0.25) is 0 Å². The number of nitrogens with zero attached hydrogens (tertiary/aromatic N) is 3. The number of hydrogen-bond acceptors (Lipinski definition) is 4. The quantitative estimate of drug-likeness (QED) is 0.795. The van der Waals surface area contributed by atoms with Crippen LogP contribution in [-0.2, 0) is 0 Å². The number of benzene rings is 1. The van der Waals surface area contributed by atoms with Gasteiger partial charge in [0, 0.05) is 30.6 Å². The first kappa shape index (κ1) is 11.4. The molecule has 3 heterocycles. The highest BCUT2D eigenvalue weighted by molar-refractivity contribution is 7.13. The van der Waals surface area contributed by atoms with Crippen molar-refractivity contribution >= 4 is 27.5 Å². The predicted molar refractivity (Wildman–Crippen MR) is 75.5 cm³/mol. The lowest BCUT2D eigenvalue weighted by Crippen LogP contribution is -2.47. The van der Waals surface area contributed by atoms with Crippen molar-refractivity contribution in [3.8, 4) is 0 Å². The number of likely N-dealkylation sites (N-methyl/N-ethyl adjacent to an activating group) is 1. The molecule has 0 spiro atoms. The molecule has 0 aliphatic carbocycles. The van der Waals surface area contributed by atoms with Crippen LogP contribution in [0.3, 0.4) is 0 Å². The Balaban J connectivity index is 1.68. The number of fused-ring (bicyclic) bond motifs is 3. The average molecular weight is 273 g/mol. The van der Waals surface area contributed by atoms with Crippen molar-refractivity contribution in [3.05, 3.63) is 30.0 Å². The zero-order valence-corrected chi connectivity index (χ0v) is 11.6. The number of aromatic nitrogens is 1. The van der Waals surface area contributed by atoms with Gasteiger partial charge in [0.25, 0.3) is 5.91 Å². The van der Waals surface area contributed by atoms with Crippen LogP contribution in [0.1, 0.15) is 16.9 Å². The second-order valence-corrected chi connectivity index (χ2v) is 6.27. The van der Waals surface area contributed by atoms with E-state index in [1.54, 1.807) is 0 Å². The minimum Gasteiger partial charge on any atom is -0.331 e. The summed E-state index contributed by atoms with van der Waals surface area (Å²) in [6.07, 6.45) is 1.12. The van der Waals surface area contributed by atoms with E-state index in [2.05, 4.69) is 16.3 Å². The SMILES string of the molecule is CN1CC2CC1CN2C(=O)c1nsc2ccccc12. The van der Waals surface area contributed by atoms with Crippen LogP contribution in [0, 0.1) is 0 Å². The maximum atomic E-state index is 12.7. The third kappa shape index (κ3) is 1.61. The van der Waals surface area contributed by atoms with E-state index in [0.29, 0.717) is 17.8 Å². The monoisotopic (exact) mass is 273 g/mol. The Bertz CT molecular complexity index is 651. The highest BCUT2D eigenvalue weighted by atomic mass is 32.1. The number of hydrogen-bond donors (Lipinski definition) is 0. The molecule has 19 heavy (non-hydrogen) atoms. The summed E-state index contributed by atoms with van der Waals surface area (Å²) >= 11 is 1.41. The number of likely N-dealkylation sites (tertiary alicyclic amines) is 2. The molecule has 4 rings (SSSR count). The zero-order valence-electron chi connectivity index (χ0n) is 10.7. The molecule has 5 heteroatoms. The molecule has 2 aliphatic rings. The molecule has 2 aliphatic heterocycles. The Kier molecular flexibility index (Phi) is 2.40. The fourth-order valence-electron chi connectivity index (χ4n) is 3.29. The van der Waals surface area contributed by atoms with Gasteiger partial charge in [-0.1, -0.05) is 18.2 Å². The van der Waals surface area contributed by atoms with E-state index in [4.69, 9.17) is 0 Å². The summed E-state index contributed by atoms with van der Waals surface area (Å²) < 4.78 is 5.47. The smallest absolute Gasteiger partial charge is 0.274 e. The molecule has 2 atom stereocenters. The fourth-order valence-corrected chi connectivity index (χ4v) is 4.06. The molecule has 2 saturated heterocycles. The molecule has 2 unspecified atom stereocenters. The number of amides is 1. The van der Waals surface area contributed by atoms with Crippen LogP contribution in [0.15, 0.2) is 24.3 Å². The van der Waals surface area contributed by atoms with Crippen LogP contribution in [0.4, 0.5) is 0 Å². The van der Waals surface area contributed by atoms with Crippen LogP contribution in [-0.4, -0.2) is 52.3 Å². The van der Waals surface area contributed by atoms with Gasteiger partial charge in [-0.25, -0.2) is 0 Å². The van der Waals surface area contributed by atoms with Gasteiger partial charge in [-0.3, -0.25) is 9.69 Å². The summed E-state index contributed by atoms with van der Waals surface area (Å²) in [4.78, 5) is 17.0. The molecule has 4 nitrogen and oxygen atoms in total. The van der Waals surface area contributed by atoms with Crippen LogP contribution in [0.5, 0.6) is 0 Å². The average Bonchev–Trinajstić information content (AvgIpc) is 3.10. The normalized spacial score (nSPS) is 26.5. The Labute approximate surface area is 115 Å². The van der Waals surface area contributed by atoms with Crippen molar-refractivity contribution in [1.29, 1.82) is 0 Å². The van der Waals surface area contributed by atoms with Crippen molar-refractivity contribution in [2.24, 2.45) is 0 Å². The van der Waals surface area contributed by atoms with Gasteiger partial charge >= 0.3 is 0 Å². The number of rotatable bonds is 1. The minimum absolute atomic E-state index is 0.109. The van der Waals surface area contributed by atoms with Gasteiger partial charge in [-0.05, 0) is 31.1 Å². The van der Waals surface area contributed by atoms with Crippen molar-refractivity contribution in [1.82, 2.24) is 14.2 Å². The summed E-state index contributed by atoms with van der Waals surface area (Å²) in [7, 11) is 2.14. The van der Waals surface area contributed by atoms with E-state index in [1.807, 2.05) is 29.2 Å². The number of piperazine rings is 1. The third-order valence-electron chi connectivity index (χ3n) is 4.36. The molecular formula is C14H15N3OS. The summed E-state index contributed by atoms with van der Waals surface area (Å²) in [5.74, 6) is 0.109. The number of carbonyl (C=O) groups excluding carboxylic acids is 1. The van der Waals surface area contributed by atoms with Crippen molar-refractivity contribution in [2.75, 3.05) is 20.1 Å². The fraction of sp³-hybridized carbons (Fsp3) is 0.429. The predicted octanol–water partition coefficient (Wildman–Crippen LogP) is 1.82. The summed E-state index contributed by atoms with van der Waals surface area (Å²) in [6.45, 7) is 1.85. The van der Waals surface area contributed by atoms with Gasteiger partial charge in [0.15, 0.2) is 0 Å². The lowest BCUT2D eigenvalue weighted by molar-refractivity contribution is 0.0648. The van der Waals surface area contributed by atoms with E-state index in [1.165, 1.54) is 11.5 Å². The maximum Gasteiger partial charge on any atom is 0.274 e. The van der Waals surface area contributed by atoms with E-state index < -0.39 is 0 Å². The molecular weight excluding hydrogens is 258 g/mol. The Hall–Kier alpha value is -1.46. The van der Waals surface area contributed by atoms with Gasteiger partial charge in [-0.2, -0.15) is 4.37 Å². The second-order valence-electron chi connectivity index (χ2n) is 5.47. The summed E-state index contributed by atoms with van der Waals surface area (Å²) in [5.41, 5.74) is 0.635. The zero-order chi connectivity index (χ0) is 13.0. The van der Waals surface area contributed by atoms with Gasteiger partial charge in [-0.15, -0.1) is 0 Å². The summed E-state index contributed by atoms with van der Waals surface area (Å²) in [5, 5.41) is 0.994. The molecule has 0 saturated carbocycles. The topological polar surface area (TPSA) is 36.4 Å². The molecule has 2 fully saturated rings. The Morgan fingerprint density at radius 2 is 2.16 bits per heavy atom. The molecule has 1 aromatic heterocycles. The Morgan fingerprint density at radius 3 is 2.89 bits per heavy atom. The molecule has 2 aromatic rings. The largest absolute Gasteiger partial charge is 0.331 e. The van der Waals surface area contributed by atoms with Gasteiger partial charge in [0.1, 0.15) is 5.69 Å².